The molecule has 0 aliphatic carbocycles. The van der Waals surface area contributed by atoms with Gasteiger partial charge in [0.25, 0.3) is 5.91 Å². The van der Waals surface area contributed by atoms with Gasteiger partial charge >= 0.3 is 0 Å². The van der Waals surface area contributed by atoms with Crippen molar-refractivity contribution in [1.82, 2.24) is 9.88 Å². The highest BCUT2D eigenvalue weighted by molar-refractivity contribution is 7.13. The fourth-order valence-corrected chi connectivity index (χ4v) is 3.06. The minimum absolute atomic E-state index is 0.0705. The number of anilines is 1. The largest absolute Gasteiger partial charge is 0.324 e. The normalized spacial score (nSPS) is 14.3. The number of rotatable bonds is 4. The number of carbonyl (C=O) groups excluding carboxylic acids is 2. The monoisotopic (exact) mass is 337 g/mol. The second-order valence-corrected chi connectivity index (χ2v) is 5.92. The van der Waals surface area contributed by atoms with Gasteiger partial charge in [0.15, 0.2) is 5.13 Å². The van der Waals surface area contributed by atoms with Crippen molar-refractivity contribution in [3.63, 3.8) is 0 Å². The average Bonchev–Trinajstić information content (AvgIpc) is 3.16. The Morgan fingerprint density at radius 3 is 2.65 bits per heavy atom. The standard InChI is InChI=1S/C15H13F2N3O2S/c16-10-3-1-4-11(17)13(10)14(22)20(15-18-6-8-23-15)9-19-7-2-5-12(19)21/h1,3-4,6,8H,2,5,7,9H2. The molecule has 0 saturated carbocycles. The summed E-state index contributed by atoms with van der Waals surface area (Å²) >= 11 is 1.16. The number of likely N-dealkylation sites (tertiary alicyclic amines) is 1. The van der Waals surface area contributed by atoms with Crippen molar-refractivity contribution in [1.29, 1.82) is 0 Å². The second kappa shape index (κ2) is 6.41. The summed E-state index contributed by atoms with van der Waals surface area (Å²) < 4.78 is 27.8. The summed E-state index contributed by atoms with van der Waals surface area (Å²) in [5.41, 5.74) is -0.644. The van der Waals surface area contributed by atoms with Gasteiger partial charge in [-0.05, 0) is 18.6 Å². The second-order valence-electron chi connectivity index (χ2n) is 5.05. The van der Waals surface area contributed by atoms with Gasteiger partial charge in [-0.15, -0.1) is 11.3 Å². The van der Waals surface area contributed by atoms with E-state index in [1.165, 1.54) is 17.2 Å². The summed E-state index contributed by atoms with van der Waals surface area (Å²) in [5, 5.41) is 1.94. The Kier molecular flexibility index (Phi) is 4.33. The highest BCUT2D eigenvalue weighted by atomic mass is 32.1. The lowest BCUT2D eigenvalue weighted by atomic mass is 10.1. The van der Waals surface area contributed by atoms with Crippen LogP contribution in [0.4, 0.5) is 13.9 Å². The molecule has 8 heteroatoms. The van der Waals surface area contributed by atoms with Crippen LogP contribution in [0.15, 0.2) is 29.8 Å². The molecule has 5 nitrogen and oxygen atoms in total. The van der Waals surface area contributed by atoms with Crippen LogP contribution < -0.4 is 4.90 Å². The van der Waals surface area contributed by atoms with Gasteiger partial charge in [0.1, 0.15) is 23.9 Å². The van der Waals surface area contributed by atoms with Crippen LogP contribution >= 0.6 is 11.3 Å². The molecule has 2 amide bonds. The zero-order valence-corrected chi connectivity index (χ0v) is 12.9. The van der Waals surface area contributed by atoms with Gasteiger partial charge in [-0.1, -0.05) is 6.07 Å². The average molecular weight is 337 g/mol. The van der Waals surface area contributed by atoms with E-state index < -0.39 is 23.1 Å². The fraction of sp³-hybridized carbons (Fsp3) is 0.267. The first kappa shape index (κ1) is 15.5. The Morgan fingerprint density at radius 2 is 2.09 bits per heavy atom. The third-order valence-corrected chi connectivity index (χ3v) is 4.35. The lowest BCUT2D eigenvalue weighted by molar-refractivity contribution is -0.127. The molecule has 0 atom stereocenters. The number of carbonyl (C=O) groups is 2. The van der Waals surface area contributed by atoms with E-state index in [2.05, 4.69) is 4.98 Å². The molecule has 120 valence electrons. The van der Waals surface area contributed by atoms with E-state index in [0.717, 1.165) is 28.4 Å². The minimum Gasteiger partial charge on any atom is -0.324 e. The number of benzene rings is 1. The molecular formula is C15H13F2N3O2S. The maximum Gasteiger partial charge on any atom is 0.267 e. The predicted octanol–water partition coefficient (Wildman–Crippen LogP) is 2.65. The van der Waals surface area contributed by atoms with Gasteiger partial charge in [-0.3, -0.25) is 14.5 Å². The third-order valence-electron chi connectivity index (χ3n) is 3.56. The van der Waals surface area contributed by atoms with Crippen LogP contribution in [0.2, 0.25) is 0 Å². The van der Waals surface area contributed by atoms with Crippen LogP contribution in [0.3, 0.4) is 0 Å². The zero-order valence-electron chi connectivity index (χ0n) is 12.0. The Balaban J connectivity index is 1.95. The Bertz CT molecular complexity index is 716. The maximum absolute atomic E-state index is 13.9. The number of hydrogen-bond donors (Lipinski definition) is 0. The lowest BCUT2D eigenvalue weighted by Crippen LogP contribution is -2.42. The van der Waals surface area contributed by atoms with Crippen molar-refractivity contribution >= 4 is 28.3 Å². The van der Waals surface area contributed by atoms with Crippen LogP contribution in [-0.4, -0.2) is 34.9 Å². The molecule has 3 rings (SSSR count). The molecule has 1 aromatic carbocycles. The molecule has 0 spiro atoms. The quantitative estimate of drug-likeness (QED) is 0.862. The summed E-state index contributed by atoms with van der Waals surface area (Å²) in [6, 6.07) is 3.24. The molecule has 1 saturated heterocycles. The van der Waals surface area contributed by atoms with Crippen molar-refractivity contribution in [2.24, 2.45) is 0 Å². The number of aromatic nitrogens is 1. The Morgan fingerprint density at radius 1 is 1.35 bits per heavy atom. The maximum atomic E-state index is 13.9. The van der Waals surface area contributed by atoms with Crippen LogP contribution in [-0.2, 0) is 4.79 Å². The molecule has 1 fully saturated rings. The van der Waals surface area contributed by atoms with E-state index in [0.29, 0.717) is 19.4 Å². The molecule has 0 bridgehead atoms. The molecule has 1 aliphatic heterocycles. The SMILES string of the molecule is O=C1CCCN1CN(C(=O)c1c(F)cccc1F)c1nccs1. The number of thiazole rings is 1. The van der Waals surface area contributed by atoms with Gasteiger partial charge in [0.05, 0.1) is 0 Å². The number of halogens is 2. The molecule has 2 heterocycles. The van der Waals surface area contributed by atoms with Crippen LogP contribution in [0, 0.1) is 11.6 Å². The topological polar surface area (TPSA) is 53.5 Å². The first-order valence-electron chi connectivity index (χ1n) is 7.01. The van der Waals surface area contributed by atoms with E-state index in [-0.39, 0.29) is 17.7 Å². The number of amides is 2. The third kappa shape index (κ3) is 3.07. The zero-order chi connectivity index (χ0) is 16.4. The Hall–Kier alpha value is -2.35. The highest BCUT2D eigenvalue weighted by Crippen LogP contribution is 2.24. The van der Waals surface area contributed by atoms with Gasteiger partial charge in [0, 0.05) is 24.5 Å². The van der Waals surface area contributed by atoms with E-state index in [4.69, 9.17) is 0 Å². The van der Waals surface area contributed by atoms with Crippen molar-refractivity contribution in [3.05, 3.63) is 47.0 Å². The Labute approximate surface area is 135 Å². The molecular weight excluding hydrogens is 324 g/mol. The first-order chi connectivity index (χ1) is 11.1. The van der Waals surface area contributed by atoms with Crippen molar-refractivity contribution in [3.8, 4) is 0 Å². The van der Waals surface area contributed by atoms with Crippen molar-refractivity contribution in [2.75, 3.05) is 18.1 Å². The lowest BCUT2D eigenvalue weighted by Gasteiger charge is -2.26. The summed E-state index contributed by atoms with van der Waals surface area (Å²) in [4.78, 5) is 31.1. The fourth-order valence-electron chi connectivity index (χ4n) is 2.42. The van der Waals surface area contributed by atoms with E-state index in [1.807, 2.05) is 0 Å². The minimum atomic E-state index is -0.940. The first-order valence-corrected chi connectivity index (χ1v) is 7.89. The van der Waals surface area contributed by atoms with Gasteiger partial charge in [-0.2, -0.15) is 0 Å². The molecule has 0 radical (unpaired) electrons. The summed E-state index contributed by atoms with van der Waals surface area (Å²) in [6.07, 6.45) is 2.60. The molecule has 2 aromatic rings. The van der Waals surface area contributed by atoms with Crippen LogP contribution in [0.5, 0.6) is 0 Å². The van der Waals surface area contributed by atoms with E-state index >= 15 is 0 Å². The van der Waals surface area contributed by atoms with Crippen molar-refractivity contribution < 1.29 is 18.4 Å². The van der Waals surface area contributed by atoms with E-state index in [1.54, 1.807) is 5.38 Å². The molecule has 23 heavy (non-hydrogen) atoms. The number of nitrogens with zero attached hydrogens (tertiary/aromatic N) is 3. The highest BCUT2D eigenvalue weighted by Gasteiger charge is 2.30. The van der Waals surface area contributed by atoms with E-state index in [9.17, 15) is 18.4 Å². The van der Waals surface area contributed by atoms with Gasteiger partial charge in [0.2, 0.25) is 5.91 Å². The molecule has 1 aromatic heterocycles. The molecule has 1 aliphatic rings. The predicted molar refractivity (Wildman–Crippen MR) is 81.1 cm³/mol. The number of hydrogen-bond acceptors (Lipinski definition) is 4. The van der Waals surface area contributed by atoms with Crippen molar-refractivity contribution in [2.45, 2.75) is 12.8 Å². The van der Waals surface area contributed by atoms with Crippen LogP contribution in [0.1, 0.15) is 23.2 Å². The van der Waals surface area contributed by atoms with Crippen LogP contribution in [0.25, 0.3) is 0 Å². The molecule has 0 unspecified atom stereocenters. The van der Waals surface area contributed by atoms with Gasteiger partial charge < -0.3 is 4.90 Å². The summed E-state index contributed by atoms with van der Waals surface area (Å²) in [6.45, 7) is 0.437. The summed E-state index contributed by atoms with van der Waals surface area (Å²) in [7, 11) is 0. The molecule has 0 N–H and O–H groups in total. The smallest absolute Gasteiger partial charge is 0.267 e. The van der Waals surface area contributed by atoms with Gasteiger partial charge in [-0.25, -0.2) is 13.8 Å². The summed E-state index contributed by atoms with van der Waals surface area (Å²) in [5.74, 6) is -2.82.